The Kier molecular flexibility index (Phi) is 6.12. The molecule has 1 rings (SSSR count). The van der Waals surface area contributed by atoms with Crippen LogP contribution in [-0.4, -0.2) is 29.2 Å². The largest absolute Gasteiger partial charge is 0.481 e. The molecule has 3 N–H and O–H groups in total. The van der Waals surface area contributed by atoms with E-state index in [0.717, 1.165) is 25.7 Å². The second kappa shape index (κ2) is 7.36. The average Bonchev–Trinajstić information content (AvgIpc) is 2.78. The van der Waals surface area contributed by atoms with Crippen LogP contribution in [0.4, 0.5) is 4.79 Å². The normalized spacial score (nSPS) is 24.2. The van der Waals surface area contributed by atoms with Crippen molar-refractivity contribution >= 4 is 12.0 Å². The van der Waals surface area contributed by atoms with Crippen molar-refractivity contribution in [3.8, 4) is 0 Å². The zero-order chi connectivity index (χ0) is 14.4. The maximum Gasteiger partial charge on any atom is 0.315 e. The topological polar surface area (TPSA) is 78.4 Å². The third kappa shape index (κ3) is 4.40. The van der Waals surface area contributed by atoms with Gasteiger partial charge in [0, 0.05) is 12.1 Å². The first-order chi connectivity index (χ1) is 8.99. The van der Waals surface area contributed by atoms with Crippen molar-refractivity contribution in [3.05, 3.63) is 0 Å². The molecule has 0 aromatic carbocycles. The van der Waals surface area contributed by atoms with Gasteiger partial charge in [-0.05, 0) is 25.7 Å². The van der Waals surface area contributed by atoms with E-state index in [-0.39, 0.29) is 18.1 Å². The van der Waals surface area contributed by atoms with Gasteiger partial charge in [-0.15, -0.1) is 0 Å². The fraction of sp³-hybridized carbons (Fsp3) is 0.857. The molecule has 5 heteroatoms. The number of hydrogen-bond donors (Lipinski definition) is 3. The van der Waals surface area contributed by atoms with Crippen molar-refractivity contribution in [2.75, 3.05) is 0 Å². The number of carbonyl (C=O) groups is 2. The Hall–Kier alpha value is -1.26. The summed E-state index contributed by atoms with van der Waals surface area (Å²) in [6.07, 6.45) is 4.33. The first-order valence-corrected chi connectivity index (χ1v) is 7.29. The fourth-order valence-electron chi connectivity index (χ4n) is 2.96. The Morgan fingerprint density at radius 1 is 1.26 bits per heavy atom. The van der Waals surface area contributed by atoms with Crippen molar-refractivity contribution in [1.29, 1.82) is 0 Å². The van der Waals surface area contributed by atoms with Crippen LogP contribution in [-0.2, 0) is 4.79 Å². The van der Waals surface area contributed by atoms with Crippen molar-refractivity contribution in [3.63, 3.8) is 0 Å². The van der Waals surface area contributed by atoms with Crippen LogP contribution in [0.5, 0.6) is 0 Å². The minimum atomic E-state index is -0.809. The van der Waals surface area contributed by atoms with Gasteiger partial charge >= 0.3 is 12.0 Å². The first kappa shape index (κ1) is 15.8. The summed E-state index contributed by atoms with van der Waals surface area (Å²) in [5, 5.41) is 14.8. The zero-order valence-electron chi connectivity index (χ0n) is 12.1. The lowest BCUT2D eigenvalue weighted by Crippen LogP contribution is -2.49. The Bertz CT molecular complexity index is 316. The van der Waals surface area contributed by atoms with Gasteiger partial charge in [-0.25, -0.2) is 4.79 Å². The third-order valence-electron chi connectivity index (χ3n) is 4.26. The van der Waals surface area contributed by atoms with Gasteiger partial charge in [0.25, 0.3) is 0 Å². The lowest BCUT2D eigenvalue weighted by molar-refractivity contribution is -0.142. The van der Waals surface area contributed by atoms with Crippen LogP contribution >= 0.6 is 0 Å². The molecule has 1 aliphatic carbocycles. The molecule has 2 amide bonds. The Morgan fingerprint density at radius 2 is 1.89 bits per heavy atom. The third-order valence-corrected chi connectivity index (χ3v) is 4.26. The Balaban J connectivity index is 2.44. The SMILES string of the molecule is CCC(CC)C(C)NC(=O)NC1CCCC1C(=O)O. The molecule has 5 nitrogen and oxygen atoms in total. The summed E-state index contributed by atoms with van der Waals surface area (Å²) < 4.78 is 0. The molecule has 110 valence electrons. The number of urea groups is 1. The van der Waals surface area contributed by atoms with Gasteiger partial charge in [-0.2, -0.15) is 0 Å². The molecule has 0 aromatic heterocycles. The van der Waals surface area contributed by atoms with E-state index in [9.17, 15) is 9.59 Å². The molecule has 1 aliphatic rings. The highest BCUT2D eigenvalue weighted by molar-refractivity contribution is 5.77. The second-order valence-corrected chi connectivity index (χ2v) is 5.47. The van der Waals surface area contributed by atoms with Gasteiger partial charge in [0.1, 0.15) is 0 Å². The summed E-state index contributed by atoms with van der Waals surface area (Å²) in [5.41, 5.74) is 0. The maximum absolute atomic E-state index is 11.9. The quantitative estimate of drug-likeness (QED) is 0.693. The first-order valence-electron chi connectivity index (χ1n) is 7.29. The van der Waals surface area contributed by atoms with Crippen LogP contribution in [0.15, 0.2) is 0 Å². The predicted octanol–water partition coefficient (Wildman–Crippen LogP) is 2.36. The van der Waals surface area contributed by atoms with Gasteiger partial charge in [-0.1, -0.05) is 33.1 Å². The van der Waals surface area contributed by atoms with E-state index in [0.29, 0.717) is 12.3 Å². The molecular weight excluding hydrogens is 244 g/mol. The van der Waals surface area contributed by atoms with E-state index < -0.39 is 11.9 Å². The number of nitrogens with one attached hydrogen (secondary N) is 2. The molecular formula is C14H26N2O3. The molecule has 1 fully saturated rings. The number of carboxylic acid groups (broad SMARTS) is 1. The van der Waals surface area contributed by atoms with Crippen LogP contribution in [0.25, 0.3) is 0 Å². The number of hydrogen-bond acceptors (Lipinski definition) is 2. The van der Waals surface area contributed by atoms with Crippen LogP contribution in [0.2, 0.25) is 0 Å². The van der Waals surface area contributed by atoms with Crippen LogP contribution in [0.3, 0.4) is 0 Å². The van der Waals surface area contributed by atoms with E-state index in [4.69, 9.17) is 5.11 Å². The van der Waals surface area contributed by atoms with Crippen LogP contribution in [0.1, 0.15) is 52.9 Å². The second-order valence-electron chi connectivity index (χ2n) is 5.47. The minimum Gasteiger partial charge on any atom is -0.481 e. The lowest BCUT2D eigenvalue weighted by Gasteiger charge is -2.24. The van der Waals surface area contributed by atoms with Gasteiger partial charge in [-0.3, -0.25) is 4.79 Å². The highest BCUT2D eigenvalue weighted by atomic mass is 16.4. The highest BCUT2D eigenvalue weighted by Crippen LogP contribution is 2.25. The van der Waals surface area contributed by atoms with Gasteiger partial charge in [0.2, 0.25) is 0 Å². The highest BCUT2D eigenvalue weighted by Gasteiger charge is 2.34. The number of aliphatic carboxylic acids is 1. The maximum atomic E-state index is 11.9. The molecule has 3 unspecified atom stereocenters. The van der Waals surface area contributed by atoms with Crippen molar-refractivity contribution in [2.45, 2.75) is 65.0 Å². The molecule has 0 aromatic rings. The molecule has 0 radical (unpaired) electrons. The summed E-state index contributed by atoms with van der Waals surface area (Å²) in [6, 6.07) is -0.358. The molecule has 0 spiro atoms. The average molecular weight is 270 g/mol. The molecule has 19 heavy (non-hydrogen) atoms. The molecule has 0 saturated heterocycles. The van der Waals surface area contributed by atoms with Crippen LogP contribution in [0, 0.1) is 11.8 Å². The summed E-state index contributed by atoms with van der Waals surface area (Å²) in [7, 11) is 0. The van der Waals surface area contributed by atoms with Gasteiger partial charge in [0.15, 0.2) is 0 Å². The number of amides is 2. The van der Waals surface area contributed by atoms with E-state index in [1.54, 1.807) is 0 Å². The Labute approximate surface area is 115 Å². The molecule has 0 heterocycles. The summed E-state index contributed by atoms with van der Waals surface area (Å²) in [4.78, 5) is 22.9. The van der Waals surface area contributed by atoms with Gasteiger partial charge in [0.05, 0.1) is 5.92 Å². The van der Waals surface area contributed by atoms with Crippen molar-refractivity contribution in [2.24, 2.45) is 11.8 Å². The molecule has 1 saturated carbocycles. The van der Waals surface area contributed by atoms with E-state index in [1.165, 1.54) is 0 Å². The smallest absolute Gasteiger partial charge is 0.315 e. The molecule has 0 aliphatic heterocycles. The Morgan fingerprint density at radius 3 is 2.42 bits per heavy atom. The minimum absolute atomic E-state index is 0.111. The number of carbonyl (C=O) groups excluding carboxylic acids is 1. The number of carboxylic acids is 1. The summed E-state index contributed by atoms with van der Waals surface area (Å²) in [6.45, 7) is 6.23. The zero-order valence-corrected chi connectivity index (χ0v) is 12.1. The van der Waals surface area contributed by atoms with Crippen molar-refractivity contribution < 1.29 is 14.7 Å². The van der Waals surface area contributed by atoms with Crippen molar-refractivity contribution in [1.82, 2.24) is 10.6 Å². The monoisotopic (exact) mass is 270 g/mol. The number of rotatable bonds is 6. The summed E-state index contributed by atoms with van der Waals surface area (Å²) >= 11 is 0. The molecule has 3 atom stereocenters. The van der Waals surface area contributed by atoms with Gasteiger partial charge < -0.3 is 15.7 Å². The lowest BCUT2D eigenvalue weighted by atomic mass is 9.96. The summed E-state index contributed by atoms with van der Waals surface area (Å²) in [5.74, 6) is -0.783. The molecule has 0 bridgehead atoms. The predicted molar refractivity (Wildman–Crippen MR) is 74.0 cm³/mol. The van der Waals surface area contributed by atoms with E-state index in [2.05, 4.69) is 24.5 Å². The standard InChI is InChI=1S/C14H26N2O3/c1-4-10(5-2)9(3)15-14(19)16-12-8-6-7-11(12)13(17)18/h9-12H,4-8H2,1-3H3,(H,17,18)(H2,15,16,19). The van der Waals surface area contributed by atoms with E-state index >= 15 is 0 Å². The van der Waals surface area contributed by atoms with E-state index in [1.807, 2.05) is 6.92 Å². The fourth-order valence-corrected chi connectivity index (χ4v) is 2.96. The van der Waals surface area contributed by atoms with Crippen LogP contribution < -0.4 is 10.6 Å².